The number of hydrogen-bond donors (Lipinski definition) is 6. The van der Waals surface area contributed by atoms with E-state index in [9.17, 15) is 35.4 Å². The molecule has 0 amide bonds. The Morgan fingerprint density at radius 2 is 0.405 bits per heavy atom. The molecule has 0 fully saturated rings. The molecule has 0 rings (SSSR count). The molecule has 0 aliphatic heterocycles. The van der Waals surface area contributed by atoms with Gasteiger partial charge in [-0.05, 0) is 193 Å². The smallest absolute Gasteiger partial charge is 0.307 e. The monoisotopic (exact) mass is 1770 g/mol. The second-order valence-corrected chi connectivity index (χ2v) is 37.5. The molecule has 0 radical (unpaired) electrons. The average Bonchev–Trinajstić information content (AvgIpc) is 0.723. The van der Waals surface area contributed by atoms with Gasteiger partial charge >= 0.3 is 17.9 Å². The van der Waals surface area contributed by atoms with Crippen LogP contribution in [0.4, 0.5) is 0 Å². The van der Waals surface area contributed by atoms with E-state index in [1.165, 1.54) is 38.5 Å². The molecule has 734 valence electrons. The summed E-state index contributed by atoms with van der Waals surface area (Å²) in [6.07, 6.45) is 84.0. The van der Waals surface area contributed by atoms with Crippen LogP contribution in [0.1, 0.15) is 542 Å². The Labute approximate surface area is 774 Å². The Balaban J connectivity index is 8.01. The Hall–Kier alpha value is -4.38. The molecule has 6 N–H and O–H groups in total. The third kappa shape index (κ3) is 72.3. The molecule has 1 unspecified atom stereocenters. The quantitative estimate of drug-likeness (QED) is 0.0109. The molecule has 126 heavy (non-hydrogen) atoms. The van der Waals surface area contributed by atoms with E-state index in [1.54, 1.807) is 0 Å². The number of ketones is 3. The highest BCUT2D eigenvalue weighted by molar-refractivity contribution is 6.18. The summed E-state index contributed by atoms with van der Waals surface area (Å²) in [6, 6.07) is 0. The zero-order valence-electron chi connectivity index (χ0n) is 82.6. The van der Waals surface area contributed by atoms with Gasteiger partial charge in [0.25, 0.3) is 11.2 Å². The lowest BCUT2D eigenvalue weighted by Gasteiger charge is -2.45. The third-order valence-corrected chi connectivity index (χ3v) is 25.2. The van der Waals surface area contributed by atoms with Gasteiger partial charge < -0.3 is 44.8 Å². The molecule has 15 nitrogen and oxygen atoms in total. The van der Waals surface area contributed by atoms with E-state index in [0.717, 1.165) is 308 Å². The first-order valence-corrected chi connectivity index (χ1v) is 53.6. The van der Waals surface area contributed by atoms with E-state index in [-0.39, 0.29) is 88.0 Å². The van der Waals surface area contributed by atoms with Crippen LogP contribution in [-0.2, 0) is 43.0 Å². The number of hydrogen-bond acceptors (Lipinski definition) is 15. The lowest BCUT2D eigenvalue weighted by Crippen LogP contribution is -2.73. The minimum absolute atomic E-state index is 0.0407. The van der Waals surface area contributed by atoms with Crippen LogP contribution in [0.3, 0.4) is 0 Å². The molecule has 0 heterocycles. The second kappa shape index (κ2) is 91.1. The Kier molecular flexibility index (Phi) is 88.0. The number of rotatable bonds is 98. The number of allylic oxidation sites excluding steroid dienone is 6. The molecule has 0 saturated carbocycles. The van der Waals surface area contributed by atoms with Crippen molar-refractivity contribution in [3.8, 4) is 0 Å². The van der Waals surface area contributed by atoms with E-state index in [4.69, 9.17) is 14.2 Å². The summed E-state index contributed by atoms with van der Waals surface area (Å²) in [5, 5.41) is 63.5. The number of carbonyl (C=O) groups excluding carboxylic acids is 6. The van der Waals surface area contributed by atoms with E-state index >= 15 is 24.0 Å². The van der Waals surface area contributed by atoms with Crippen molar-refractivity contribution < 1.29 is 73.6 Å². The van der Waals surface area contributed by atoms with Gasteiger partial charge in [0.1, 0.15) is 6.61 Å². The molecule has 0 aliphatic carbocycles. The number of unbranched alkanes of at least 4 members (excludes halogenated alkanes) is 48. The summed E-state index contributed by atoms with van der Waals surface area (Å²) in [5.74, 6) is -4.84. The summed E-state index contributed by atoms with van der Waals surface area (Å²) >= 11 is 0. The lowest BCUT2D eigenvalue weighted by atomic mass is 9.70. The van der Waals surface area contributed by atoms with Gasteiger partial charge in [0.2, 0.25) is 0 Å². The molecule has 7 atom stereocenters. The van der Waals surface area contributed by atoms with Crippen molar-refractivity contribution in [1.29, 1.82) is 0 Å². The zero-order chi connectivity index (χ0) is 92.4. The molecular formula is C111H200O15. The molecular weight excluding hydrogens is 1570 g/mol. The zero-order valence-corrected chi connectivity index (χ0v) is 82.6. The largest absolute Gasteiger partial charge is 0.461 e. The highest BCUT2D eigenvalue weighted by Crippen LogP contribution is 2.41. The third-order valence-electron chi connectivity index (χ3n) is 25.2. The van der Waals surface area contributed by atoms with E-state index in [1.807, 2.05) is 0 Å². The molecule has 0 aromatic carbocycles. The van der Waals surface area contributed by atoms with Gasteiger partial charge in [-0.15, -0.1) is 0 Å². The van der Waals surface area contributed by atoms with E-state index in [2.05, 4.69) is 114 Å². The molecule has 0 aliphatic rings. The first-order valence-electron chi connectivity index (χ1n) is 53.6. The summed E-state index contributed by atoms with van der Waals surface area (Å²) in [7, 11) is 0. The van der Waals surface area contributed by atoms with Crippen LogP contribution in [0.2, 0.25) is 0 Å². The van der Waals surface area contributed by atoms with Gasteiger partial charge in [-0.3, -0.25) is 28.8 Å². The highest BCUT2D eigenvalue weighted by atomic mass is 16.6. The number of carbonyl (C=O) groups is 6. The predicted molar refractivity (Wildman–Crippen MR) is 529 cm³/mol. The molecule has 0 saturated heterocycles. The number of aliphatic hydroxyl groups is 6. The van der Waals surface area contributed by atoms with Gasteiger partial charge in [-0.1, -0.05) is 384 Å². The minimum atomic E-state index is -3.00. The predicted octanol–water partition coefficient (Wildman–Crippen LogP) is 29.9. The molecule has 0 aromatic heterocycles. The average molecular weight is 1770 g/mol. The summed E-state index contributed by atoms with van der Waals surface area (Å²) < 4.78 is 19.9. The van der Waals surface area contributed by atoms with Crippen LogP contribution < -0.4 is 0 Å². The lowest BCUT2D eigenvalue weighted by molar-refractivity contribution is -0.222. The van der Waals surface area contributed by atoms with Crippen molar-refractivity contribution in [2.75, 3.05) is 6.61 Å². The number of Topliss-reactive ketones (excluding diaryl/α,β-unsaturated/α-hetero) is 3. The van der Waals surface area contributed by atoms with Gasteiger partial charge in [-0.25, -0.2) is 0 Å². The van der Waals surface area contributed by atoms with Crippen LogP contribution in [0, 0.1) is 0 Å². The topological polar surface area (TPSA) is 251 Å². The normalized spacial score (nSPS) is 14.2. The highest BCUT2D eigenvalue weighted by Gasteiger charge is 2.70. The van der Waals surface area contributed by atoms with E-state index < -0.39 is 53.1 Å². The molecule has 0 spiro atoms. The van der Waals surface area contributed by atoms with Gasteiger partial charge in [-0.2, -0.15) is 0 Å². The van der Waals surface area contributed by atoms with Crippen molar-refractivity contribution in [3.05, 3.63) is 72.9 Å². The number of aliphatic hydroxyl groups excluding tert-OH is 6. The fourth-order valence-electron chi connectivity index (χ4n) is 16.8. The fraction of sp³-hybridized carbons (Fsp3) is 0.838. The van der Waals surface area contributed by atoms with Gasteiger partial charge in [0.05, 0.1) is 36.6 Å². The first kappa shape index (κ1) is 122. The van der Waals surface area contributed by atoms with Crippen LogP contribution in [0.15, 0.2) is 72.9 Å². The molecule has 0 aromatic rings. The van der Waals surface area contributed by atoms with Gasteiger partial charge in [0, 0.05) is 38.5 Å². The van der Waals surface area contributed by atoms with Crippen molar-refractivity contribution >= 4 is 35.3 Å². The van der Waals surface area contributed by atoms with Crippen LogP contribution in [0.5, 0.6) is 0 Å². The van der Waals surface area contributed by atoms with Crippen molar-refractivity contribution in [1.82, 2.24) is 0 Å². The van der Waals surface area contributed by atoms with Crippen LogP contribution in [-0.4, -0.2) is 120 Å². The van der Waals surface area contributed by atoms with Crippen molar-refractivity contribution in [3.63, 3.8) is 0 Å². The maximum Gasteiger partial charge on any atom is 0.307 e. The molecule has 15 heteroatoms. The number of esters is 3. The standard InChI is InChI=1S/C111H200O15/c1-7-13-19-61-79-98(112)85-67-49-37-25-31-43-55-73-91-104(118)110(125-108(122)95-77-59-47-35-29-41-53-71-89-102(116)83-65-23-17-11-5,97-124-107(121)94-76-58-46-34-28-40-52-70-88-101(115)82-64-22-16-10-4)111(105(119)92-74-56-44-32-26-38-50-68-86-99(113)80-62-20-14-8-2,106(120)93-75-57-45-33-27-39-51-69-87-100(114)81-63-21-15-9-3)126-109(123)96-78-60-48-36-30-42-54-72-90-103(117)84-66-24-18-12-6/h49-54,67-72,98-103,112-117H,7-48,55-66,73-97H2,1-6H3/b67-49-,68-50-,69-51-,70-52-,71-53-,72-54-/t98-,99-,100-,101-,102-,103-,110?/m1/s1. The maximum absolute atomic E-state index is 16.5. The van der Waals surface area contributed by atoms with Crippen molar-refractivity contribution in [2.24, 2.45) is 0 Å². The van der Waals surface area contributed by atoms with E-state index in [0.29, 0.717) is 103 Å². The SMILES string of the molecule is CCCCCC[C@@H](O)C/C=C\CCCCCCCC(=O)OCC(OC(=O)CCCCCCC/C=C\C[C@H](O)CCCCCC)(C(=O)CCCCCCC/C=C\C[C@H](O)CCCCCC)C(OC(=O)CCCCCCC/C=C\C[C@H](O)CCCCCC)(C(=O)CCCCCCC/C=C\C[C@H](O)CCCCCC)C(=O)CCCCCCC/C=C\C[C@H](O)CCCCCC. The first-order chi connectivity index (χ1) is 61.4. The van der Waals surface area contributed by atoms with Gasteiger partial charge in [0.15, 0.2) is 17.3 Å². The number of ether oxygens (including phenoxy) is 3. The summed E-state index contributed by atoms with van der Waals surface area (Å²) in [5.41, 5.74) is -5.87. The molecule has 0 bridgehead atoms. The Bertz CT molecular complexity index is 2620. The minimum Gasteiger partial charge on any atom is -0.461 e. The van der Waals surface area contributed by atoms with Crippen LogP contribution >= 0.6 is 0 Å². The Morgan fingerprint density at radius 1 is 0.214 bits per heavy atom. The van der Waals surface area contributed by atoms with Crippen LogP contribution in [0.25, 0.3) is 0 Å². The summed E-state index contributed by atoms with van der Waals surface area (Å²) in [6.45, 7) is 12.1. The second-order valence-electron chi connectivity index (χ2n) is 37.5. The fourth-order valence-corrected chi connectivity index (χ4v) is 16.8. The summed E-state index contributed by atoms with van der Waals surface area (Å²) in [4.78, 5) is 94.7. The Morgan fingerprint density at radius 3 is 0.643 bits per heavy atom. The van der Waals surface area contributed by atoms with Crippen molar-refractivity contribution in [2.45, 2.75) is 590 Å². The maximum atomic E-state index is 16.5.